The number of rotatable bonds is 4. The predicted octanol–water partition coefficient (Wildman–Crippen LogP) is 3.84. The third-order valence-electron chi connectivity index (χ3n) is 5.09. The van der Waals surface area contributed by atoms with Gasteiger partial charge in [-0.3, -0.25) is 4.79 Å². The van der Waals surface area contributed by atoms with Crippen LogP contribution < -0.4 is 5.32 Å². The van der Waals surface area contributed by atoms with E-state index < -0.39 is 17.5 Å². The van der Waals surface area contributed by atoms with Crippen molar-refractivity contribution in [3.63, 3.8) is 0 Å². The summed E-state index contributed by atoms with van der Waals surface area (Å²) in [6.07, 6.45) is 3.66. The van der Waals surface area contributed by atoms with Gasteiger partial charge in [0.15, 0.2) is 0 Å². The number of halogens is 1. The van der Waals surface area contributed by atoms with Gasteiger partial charge in [-0.05, 0) is 59.1 Å². The fourth-order valence-electron chi connectivity index (χ4n) is 3.64. The van der Waals surface area contributed by atoms with Crippen LogP contribution in [-0.2, 0) is 4.74 Å². The molecule has 1 aromatic heterocycles. The number of ether oxygens (including phenoxy) is 1. The fraction of sp³-hybridized carbons (Fsp3) is 0.500. The summed E-state index contributed by atoms with van der Waals surface area (Å²) in [7, 11) is 0. The lowest BCUT2D eigenvalue weighted by Gasteiger charge is -2.36. The summed E-state index contributed by atoms with van der Waals surface area (Å²) in [6.45, 7) is 8.09. The molecule has 7 nitrogen and oxygen atoms in total. The molecule has 2 amide bonds. The molecule has 1 atom stereocenters. The molecular weight excluding hydrogens is 387 g/mol. The third kappa shape index (κ3) is 4.98. The van der Waals surface area contributed by atoms with Crippen molar-refractivity contribution in [2.24, 2.45) is 0 Å². The first-order valence-corrected chi connectivity index (χ1v) is 10.2. The molecule has 8 heteroatoms. The highest BCUT2D eigenvalue weighted by Gasteiger charge is 2.30. The molecule has 1 unspecified atom stereocenters. The molecule has 1 aromatic carbocycles. The Kier molecular flexibility index (Phi) is 6.43. The molecule has 2 heterocycles. The topological polar surface area (TPSA) is 76.5 Å². The van der Waals surface area contributed by atoms with Gasteiger partial charge in [-0.1, -0.05) is 12.1 Å². The van der Waals surface area contributed by atoms with Gasteiger partial charge in [0, 0.05) is 19.1 Å². The third-order valence-corrected chi connectivity index (χ3v) is 5.09. The Morgan fingerprint density at radius 2 is 2.00 bits per heavy atom. The number of benzene rings is 1. The average molecular weight is 416 g/mol. The van der Waals surface area contributed by atoms with Crippen LogP contribution in [0.2, 0.25) is 0 Å². The van der Waals surface area contributed by atoms with Gasteiger partial charge >= 0.3 is 6.09 Å². The Balaban J connectivity index is 1.74. The molecule has 1 fully saturated rings. The molecule has 0 saturated carbocycles. The van der Waals surface area contributed by atoms with E-state index in [9.17, 15) is 14.0 Å². The minimum absolute atomic E-state index is 0.130. The van der Waals surface area contributed by atoms with Crippen molar-refractivity contribution in [3.05, 3.63) is 47.5 Å². The van der Waals surface area contributed by atoms with Crippen LogP contribution in [0.4, 0.5) is 9.18 Å². The summed E-state index contributed by atoms with van der Waals surface area (Å²) < 4.78 is 20.9. The van der Waals surface area contributed by atoms with E-state index in [0.29, 0.717) is 30.0 Å². The van der Waals surface area contributed by atoms with Crippen molar-refractivity contribution in [3.8, 4) is 5.69 Å². The molecule has 0 spiro atoms. The number of amides is 2. The number of carbonyl (C=O) groups is 2. The van der Waals surface area contributed by atoms with Crippen LogP contribution in [-0.4, -0.2) is 51.4 Å². The predicted molar refractivity (Wildman–Crippen MR) is 111 cm³/mol. The minimum atomic E-state index is -0.579. The Labute approximate surface area is 176 Å². The van der Waals surface area contributed by atoms with E-state index in [1.807, 2.05) is 0 Å². The summed E-state index contributed by atoms with van der Waals surface area (Å²) in [5.74, 6) is -0.564. The fourth-order valence-corrected chi connectivity index (χ4v) is 3.64. The maximum Gasteiger partial charge on any atom is 0.407 e. The molecule has 1 N–H and O–H groups in total. The van der Waals surface area contributed by atoms with Gasteiger partial charge in [-0.15, -0.1) is 0 Å². The van der Waals surface area contributed by atoms with E-state index >= 15 is 0 Å². The van der Waals surface area contributed by atoms with Gasteiger partial charge < -0.3 is 15.0 Å². The largest absolute Gasteiger partial charge is 0.444 e. The normalized spacial score (nSPS) is 17.0. The molecule has 1 aliphatic rings. The lowest BCUT2D eigenvalue weighted by molar-refractivity contribution is 0.0462. The number of aromatic nitrogens is 2. The number of hydrogen-bond acceptors (Lipinski definition) is 4. The SMILES string of the molecule is Cc1c(C(=O)N2CCCCC2CNC(=O)OC(C)(C)C)cnn1-c1ccccc1F. The molecule has 0 radical (unpaired) electrons. The number of hydrogen-bond donors (Lipinski definition) is 1. The summed E-state index contributed by atoms with van der Waals surface area (Å²) in [5, 5.41) is 7.01. The number of piperidine rings is 1. The number of likely N-dealkylation sites (tertiary alicyclic amines) is 1. The van der Waals surface area contributed by atoms with Crippen LogP contribution in [0.25, 0.3) is 5.69 Å². The van der Waals surface area contributed by atoms with Crippen LogP contribution in [0, 0.1) is 12.7 Å². The Morgan fingerprint density at radius 3 is 2.70 bits per heavy atom. The Morgan fingerprint density at radius 1 is 1.27 bits per heavy atom. The molecule has 1 saturated heterocycles. The minimum Gasteiger partial charge on any atom is -0.444 e. The second-order valence-electron chi connectivity index (χ2n) is 8.54. The number of nitrogens with one attached hydrogen (secondary N) is 1. The van der Waals surface area contributed by atoms with Crippen molar-refractivity contribution in [1.29, 1.82) is 0 Å². The van der Waals surface area contributed by atoms with Crippen LogP contribution in [0.3, 0.4) is 0 Å². The second-order valence-corrected chi connectivity index (χ2v) is 8.54. The van der Waals surface area contributed by atoms with Crippen molar-refractivity contribution in [2.45, 2.75) is 58.6 Å². The number of alkyl carbamates (subject to hydrolysis) is 1. The van der Waals surface area contributed by atoms with Gasteiger partial charge in [0.25, 0.3) is 5.91 Å². The molecule has 30 heavy (non-hydrogen) atoms. The zero-order valence-electron chi connectivity index (χ0n) is 17.9. The van der Waals surface area contributed by atoms with E-state index in [4.69, 9.17) is 4.74 Å². The first-order chi connectivity index (χ1) is 14.2. The quantitative estimate of drug-likeness (QED) is 0.822. The monoisotopic (exact) mass is 416 g/mol. The maximum atomic E-state index is 14.2. The molecule has 3 rings (SSSR count). The molecule has 162 valence electrons. The highest BCUT2D eigenvalue weighted by Crippen LogP contribution is 2.23. The molecular formula is C22H29FN4O3. The Bertz CT molecular complexity index is 919. The smallest absolute Gasteiger partial charge is 0.407 e. The lowest BCUT2D eigenvalue weighted by Crippen LogP contribution is -2.50. The van der Waals surface area contributed by atoms with E-state index in [1.54, 1.807) is 50.8 Å². The highest BCUT2D eigenvalue weighted by atomic mass is 19.1. The highest BCUT2D eigenvalue weighted by molar-refractivity contribution is 5.95. The first kappa shape index (κ1) is 21.8. The standard InChI is InChI=1S/C22H29FN4O3/c1-15-17(14-25-27(15)19-11-6-5-10-18(19)23)20(28)26-12-8-7-9-16(26)13-24-21(29)30-22(2,3)4/h5-6,10-11,14,16H,7-9,12-13H2,1-4H3,(H,24,29). The van der Waals surface area contributed by atoms with Crippen molar-refractivity contribution < 1.29 is 18.7 Å². The molecule has 0 bridgehead atoms. The van der Waals surface area contributed by atoms with E-state index in [2.05, 4.69) is 10.4 Å². The zero-order valence-corrected chi connectivity index (χ0v) is 17.9. The summed E-state index contributed by atoms with van der Waals surface area (Å²) >= 11 is 0. The molecule has 0 aliphatic carbocycles. The number of carbonyl (C=O) groups excluding carboxylic acids is 2. The first-order valence-electron chi connectivity index (χ1n) is 10.2. The summed E-state index contributed by atoms with van der Waals surface area (Å²) in [6, 6.07) is 6.19. The van der Waals surface area contributed by atoms with Crippen molar-refractivity contribution in [1.82, 2.24) is 20.0 Å². The molecule has 1 aliphatic heterocycles. The van der Waals surface area contributed by atoms with Crippen molar-refractivity contribution >= 4 is 12.0 Å². The number of para-hydroxylation sites is 1. The lowest BCUT2D eigenvalue weighted by atomic mass is 10.0. The van der Waals surface area contributed by atoms with Gasteiger partial charge in [0.2, 0.25) is 0 Å². The number of nitrogens with zero attached hydrogens (tertiary/aromatic N) is 3. The van der Waals surface area contributed by atoms with Gasteiger partial charge in [0.05, 0.1) is 17.5 Å². The van der Waals surface area contributed by atoms with Crippen LogP contribution in [0.1, 0.15) is 56.1 Å². The van der Waals surface area contributed by atoms with Crippen LogP contribution in [0.5, 0.6) is 0 Å². The summed E-state index contributed by atoms with van der Waals surface area (Å²) in [4.78, 5) is 27.1. The average Bonchev–Trinajstić information content (AvgIpc) is 3.06. The van der Waals surface area contributed by atoms with Crippen LogP contribution >= 0.6 is 0 Å². The van der Waals surface area contributed by atoms with Gasteiger partial charge in [0.1, 0.15) is 17.1 Å². The van der Waals surface area contributed by atoms with Crippen molar-refractivity contribution in [2.75, 3.05) is 13.1 Å². The van der Waals surface area contributed by atoms with E-state index in [1.165, 1.54) is 16.9 Å². The van der Waals surface area contributed by atoms with Gasteiger partial charge in [-0.25, -0.2) is 13.9 Å². The van der Waals surface area contributed by atoms with Crippen LogP contribution in [0.15, 0.2) is 30.5 Å². The maximum absolute atomic E-state index is 14.2. The van der Waals surface area contributed by atoms with Gasteiger partial charge in [-0.2, -0.15) is 5.10 Å². The second kappa shape index (κ2) is 8.85. The Hall–Kier alpha value is -2.90. The zero-order chi connectivity index (χ0) is 21.9. The van der Waals surface area contributed by atoms with E-state index in [-0.39, 0.29) is 11.9 Å². The molecule has 2 aromatic rings. The summed E-state index contributed by atoms with van der Waals surface area (Å²) in [5.41, 5.74) is 0.734. The van der Waals surface area contributed by atoms with E-state index in [0.717, 1.165) is 19.3 Å².